The monoisotopic (exact) mass is 434 g/mol. The third kappa shape index (κ3) is 4.77. The molecular weight excluding hydrogens is 412 g/mol. The minimum absolute atomic E-state index is 0.0190. The summed E-state index contributed by atoms with van der Waals surface area (Å²) in [6.45, 7) is 6.95. The molecule has 158 valence electrons. The zero-order valence-corrected chi connectivity index (χ0v) is 18.2. The second-order valence-electron chi connectivity index (χ2n) is 8.17. The lowest BCUT2D eigenvalue weighted by Gasteiger charge is -2.18. The Morgan fingerprint density at radius 3 is 2.32 bits per heavy atom. The molecule has 2 aromatic carbocycles. The van der Waals surface area contributed by atoms with Crippen LogP contribution in [0.1, 0.15) is 31.1 Å². The predicted octanol–water partition coefficient (Wildman–Crippen LogP) is 4.45. The number of amides is 3. The van der Waals surface area contributed by atoms with Crippen molar-refractivity contribution in [1.29, 1.82) is 0 Å². The Balaban J connectivity index is 1.35. The van der Waals surface area contributed by atoms with E-state index in [0.717, 1.165) is 11.7 Å². The van der Waals surface area contributed by atoms with Gasteiger partial charge in [-0.2, -0.15) is 8.75 Å². The summed E-state index contributed by atoms with van der Waals surface area (Å²) >= 11 is 1.07. The highest BCUT2D eigenvalue weighted by atomic mass is 32.1. The Kier molecular flexibility index (Phi) is 5.51. The minimum atomic E-state index is -0.371. The molecule has 4 rings (SSSR count). The van der Waals surface area contributed by atoms with Crippen molar-refractivity contribution >= 4 is 51.9 Å². The fourth-order valence-corrected chi connectivity index (χ4v) is 3.61. The van der Waals surface area contributed by atoms with Crippen LogP contribution in [0.4, 0.5) is 16.2 Å². The van der Waals surface area contributed by atoms with Crippen molar-refractivity contribution in [3.63, 3.8) is 0 Å². The zero-order chi connectivity index (χ0) is 22.0. The maximum Gasteiger partial charge on any atom is 0.324 e. The second kappa shape index (κ2) is 8.27. The van der Waals surface area contributed by atoms with Crippen molar-refractivity contribution in [3.05, 3.63) is 59.7 Å². The van der Waals surface area contributed by atoms with E-state index in [1.54, 1.807) is 36.4 Å². The van der Waals surface area contributed by atoms with Crippen LogP contribution < -0.4 is 16.0 Å². The summed E-state index contributed by atoms with van der Waals surface area (Å²) in [5.74, 6) is 0.287. The van der Waals surface area contributed by atoms with Gasteiger partial charge in [-0.05, 0) is 53.5 Å². The average molecular weight is 435 g/mol. The molecule has 1 aliphatic rings. The van der Waals surface area contributed by atoms with Crippen molar-refractivity contribution in [2.45, 2.75) is 20.8 Å². The van der Waals surface area contributed by atoms with Crippen molar-refractivity contribution in [2.24, 2.45) is 10.4 Å². The van der Waals surface area contributed by atoms with Crippen LogP contribution in [0.15, 0.2) is 59.1 Å². The summed E-state index contributed by atoms with van der Waals surface area (Å²) in [7, 11) is 0. The number of amidine groups is 1. The maximum atomic E-state index is 12.6. The first-order valence-electron chi connectivity index (χ1n) is 9.76. The Bertz CT molecular complexity index is 1200. The number of aliphatic imine (C=N–C) groups is 1. The fourth-order valence-electron chi connectivity index (χ4n) is 3.06. The van der Waals surface area contributed by atoms with E-state index in [4.69, 9.17) is 0 Å². The Morgan fingerprint density at radius 1 is 0.935 bits per heavy atom. The molecule has 31 heavy (non-hydrogen) atoms. The molecule has 8 nitrogen and oxygen atoms in total. The average Bonchev–Trinajstić information content (AvgIpc) is 3.38. The van der Waals surface area contributed by atoms with Crippen molar-refractivity contribution < 1.29 is 9.59 Å². The Labute approximate surface area is 183 Å². The molecule has 9 heteroatoms. The number of rotatable bonds is 3. The molecule has 0 unspecified atom stereocenters. The third-order valence-electron chi connectivity index (χ3n) is 4.87. The second-order valence-corrected chi connectivity index (χ2v) is 8.70. The molecule has 3 aromatic rings. The lowest BCUT2D eigenvalue weighted by Crippen LogP contribution is -2.32. The van der Waals surface area contributed by atoms with Gasteiger partial charge < -0.3 is 10.6 Å². The number of benzene rings is 2. The van der Waals surface area contributed by atoms with E-state index in [1.807, 2.05) is 12.1 Å². The summed E-state index contributed by atoms with van der Waals surface area (Å²) in [4.78, 5) is 29.2. The number of fused-ring (bicyclic) bond motifs is 1. The van der Waals surface area contributed by atoms with Gasteiger partial charge >= 0.3 is 6.03 Å². The normalized spacial score (nSPS) is 13.5. The number of urea groups is 1. The number of hydrogen-bond donors (Lipinski definition) is 3. The number of nitrogens with zero attached hydrogens (tertiary/aromatic N) is 3. The number of carbonyl (C=O) groups excluding carboxylic acids is 2. The van der Waals surface area contributed by atoms with Crippen LogP contribution >= 0.6 is 11.7 Å². The molecule has 1 aromatic heterocycles. The van der Waals surface area contributed by atoms with Crippen LogP contribution in [0.25, 0.3) is 11.0 Å². The van der Waals surface area contributed by atoms with E-state index >= 15 is 0 Å². The molecule has 3 N–H and O–H groups in total. The van der Waals surface area contributed by atoms with Crippen LogP contribution in [0.5, 0.6) is 0 Å². The van der Waals surface area contributed by atoms with Crippen LogP contribution in [0.2, 0.25) is 0 Å². The minimum Gasteiger partial charge on any atom is -0.322 e. The first-order valence-corrected chi connectivity index (χ1v) is 10.5. The molecule has 1 aliphatic heterocycles. The molecule has 0 saturated heterocycles. The van der Waals surface area contributed by atoms with Crippen LogP contribution in [-0.4, -0.2) is 33.1 Å². The topological polar surface area (TPSA) is 108 Å². The highest BCUT2D eigenvalue weighted by Gasteiger charge is 2.21. The van der Waals surface area contributed by atoms with Crippen molar-refractivity contribution in [3.8, 4) is 0 Å². The summed E-state index contributed by atoms with van der Waals surface area (Å²) in [5.41, 5.74) is 4.14. The number of nitrogens with one attached hydrogen (secondary N) is 3. The molecule has 0 saturated carbocycles. The van der Waals surface area contributed by atoms with Gasteiger partial charge in [-0.3, -0.25) is 15.1 Å². The summed E-state index contributed by atoms with van der Waals surface area (Å²) in [6.07, 6.45) is 1.91. The highest BCUT2D eigenvalue weighted by molar-refractivity contribution is 7.00. The standard InChI is InChI=1S/C22H22N6O2S/c1-22(2,3)13-11-18(23-12-13)26-21(30)25-15-9-7-14(8-10-15)24-20(29)16-5-4-6-17-19(16)28-31-27-17/h4-11H,12H2,1-3H3,(H,24,29)(H2,23,25,26,30). The summed E-state index contributed by atoms with van der Waals surface area (Å²) in [6, 6.07) is 11.8. The van der Waals surface area contributed by atoms with Gasteiger partial charge in [0.2, 0.25) is 0 Å². The first kappa shape index (κ1) is 20.7. The molecule has 0 atom stereocenters. The van der Waals surface area contributed by atoms with E-state index in [9.17, 15) is 9.59 Å². The molecular formula is C22H22N6O2S. The van der Waals surface area contributed by atoms with E-state index in [-0.39, 0.29) is 17.4 Å². The molecule has 2 heterocycles. The Hall–Kier alpha value is -3.59. The van der Waals surface area contributed by atoms with Crippen molar-refractivity contribution in [1.82, 2.24) is 14.1 Å². The van der Waals surface area contributed by atoms with Crippen LogP contribution in [0.3, 0.4) is 0 Å². The van der Waals surface area contributed by atoms with Crippen molar-refractivity contribution in [2.75, 3.05) is 17.2 Å². The molecule has 0 radical (unpaired) electrons. The number of aromatic nitrogens is 2. The molecule has 3 amide bonds. The van der Waals surface area contributed by atoms with E-state index < -0.39 is 0 Å². The highest BCUT2D eigenvalue weighted by Crippen LogP contribution is 2.27. The van der Waals surface area contributed by atoms with Gasteiger partial charge in [0, 0.05) is 11.4 Å². The van der Waals surface area contributed by atoms with Gasteiger partial charge in [0.1, 0.15) is 16.9 Å². The summed E-state index contributed by atoms with van der Waals surface area (Å²) < 4.78 is 8.34. The van der Waals surface area contributed by atoms with Crippen LogP contribution in [0, 0.1) is 5.41 Å². The first-order chi connectivity index (χ1) is 14.8. The Morgan fingerprint density at radius 2 is 1.65 bits per heavy atom. The quantitative estimate of drug-likeness (QED) is 0.566. The van der Waals surface area contributed by atoms with Gasteiger partial charge in [-0.1, -0.05) is 26.8 Å². The SMILES string of the molecule is CC(C)(C)C1=CC(NC(=O)Nc2ccc(NC(=O)c3cccc4nsnc34)cc2)=NC1. The fraction of sp³-hybridized carbons (Fsp3) is 0.227. The smallest absolute Gasteiger partial charge is 0.322 e. The van der Waals surface area contributed by atoms with Gasteiger partial charge in [-0.25, -0.2) is 4.79 Å². The number of anilines is 2. The van der Waals surface area contributed by atoms with Crippen LogP contribution in [-0.2, 0) is 0 Å². The molecule has 0 spiro atoms. The van der Waals surface area contributed by atoms with E-state index in [1.165, 1.54) is 5.57 Å². The van der Waals surface area contributed by atoms with Gasteiger partial charge in [-0.15, -0.1) is 0 Å². The zero-order valence-electron chi connectivity index (χ0n) is 17.4. The van der Waals surface area contributed by atoms with E-state index in [2.05, 4.69) is 50.5 Å². The lowest BCUT2D eigenvalue weighted by atomic mass is 9.87. The predicted molar refractivity (Wildman–Crippen MR) is 124 cm³/mol. The summed E-state index contributed by atoms with van der Waals surface area (Å²) in [5, 5.41) is 8.36. The van der Waals surface area contributed by atoms with Gasteiger partial charge in [0.15, 0.2) is 0 Å². The molecule has 0 bridgehead atoms. The molecule has 0 aliphatic carbocycles. The number of carbonyl (C=O) groups is 2. The lowest BCUT2D eigenvalue weighted by molar-refractivity contribution is 0.102. The largest absolute Gasteiger partial charge is 0.324 e. The molecule has 0 fully saturated rings. The number of hydrogen-bond acceptors (Lipinski definition) is 6. The van der Waals surface area contributed by atoms with Gasteiger partial charge in [0.05, 0.1) is 23.8 Å². The third-order valence-corrected chi connectivity index (χ3v) is 5.41. The maximum absolute atomic E-state index is 12.6. The van der Waals surface area contributed by atoms with Gasteiger partial charge in [0.25, 0.3) is 5.91 Å². The van der Waals surface area contributed by atoms with E-state index in [0.29, 0.717) is 40.4 Å².